The number of nitrogens with two attached hydrogens (primary N) is 1. The molecule has 0 saturated heterocycles. The van der Waals surface area contributed by atoms with Gasteiger partial charge >= 0.3 is 0 Å². The summed E-state index contributed by atoms with van der Waals surface area (Å²) in [7, 11) is 1.62. The van der Waals surface area contributed by atoms with Gasteiger partial charge in [0.05, 0.1) is 13.2 Å². The minimum atomic E-state index is -1.15. The van der Waals surface area contributed by atoms with Crippen LogP contribution in [0.2, 0.25) is 0 Å². The lowest BCUT2D eigenvalue weighted by atomic mass is 9.80. The highest BCUT2D eigenvalue weighted by Crippen LogP contribution is 2.35. The predicted molar refractivity (Wildman–Crippen MR) is 172 cm³/mol. The zero-order valence-electron chi connectivity index (χ0n) is 26.7. The van der Waals surface area contributed by atoms with Gasteiger partial charge in [-0.2, -0.15) is 0 Å². The van der Waals surface area contributed by atoms with Crippen LogP contribution in [-0.2, 0) is 12.8 Å². The van der Waals surface area contributed by atoms with Crippen LogP contribution in [0.15, 0.2) is 48.5 Å². The summed E-state index contributed by atoms with van der Waals surface area (Å²) < 4.78 is 34.2. The van der Waals surface area contributed by atoms with Crippen molar-refractivity contribution in [2.45, 2.75) is 77.4 Å². The summed E-state index contributed by atoms with van der Waals surface area (Å²) in [4.78, 5) is 28.8. The second kappa shape index (κ2) is 15.5. The number of rotatable bonds is 14. The number of halogens is 2. The summed E-state index contributed by atoms with van der Waals surface area (Å²) in [5.74, 6) is -2.67. The van der Waals surface area contributed by atoms with Gasteiger partial charge in [0, 0.05) is 48.8 Å². The number of aryl methyl sites for hydroxylation is 2. The van der Waals surface area contributed by atoms with Crippen LogP contribution in [0.1, 0.15) is 100 Å². The Labute approximate surface area is 264 Å². The summed E-state index contributed by atoms with van der Waals surface area (Å²) in [5, 5.41) is 15.4. The van der Waals surface area contributed by atoms with Crippen molar-refractivity contribution < 1.29 is 28.2 Å². The number of aliphatic hydroxyl groups is 1. The van der Waals surface area contributed by atoms with Crippen molar-refractivity contribution >= 4 is 11.8 Å². The van der Waals surface area contributed by atoms with Crippen LogP contribution in [0.25, 0.3) is 0 Å². The molecule has 0 aromatic heterocycles. The highest BCUT2D eigenvalue weighted by molar-refractivity contribution is 6.02. The molecule has 0 saturated carbocycles. The molecule has 3 aromatic carbocycles. The molecule has 1 aliphatic rings. The first-order valence-corrected chi connectivity index (χ1v) is 15.8. The van der Waals surface area contributed by atoms with E-state index >= 15 is 0 Å². The highest BCUT2D eigenvalue weighted by Gasteiger charge is 2.33. The largest absolute Gasteiger partial charge is 0.497 e. The number of hydrogen-bond acceptors (Lipinski definition) is 5. The number of primary amides is 1. The van der Waals surface area contributed by atoms with E-state index in [-0.39, 0.29) is 41.6 Å². The smallest absolute Gasteiger partial charge is 0.254 e. The number of methoxy groups -OCH3 is 1. The SMILES string of the molecule is CCCN(CCC)C(=O)c1cc(C)cc(C(N)=O)c1[C@H](Cc1cc(F)cc(F)c1)[C@@H](O)CNC1CCCc2ccc(OC)cc21. The van der Waals surface area contributed by atoms with Gasteiger partial charge in [0.15, 0.2) is 0 Å². The average molecular weight is 622 g/mol. The Bertz CT molecular complexity index is 1490. The molecule has 4 rings (SSSR count). The molecular weight excluding hydrogens is 576 g/mol. The zero-order chi connectivity index (χ0) is 32.7. The molecule has 0 spiro atoms. The van der Waals surface area contributed by atoms with Crippen molar-refractivity contribution in [3.8, 4) is 5.75 Å². The van der Waals surface area contributed by atoms with Crippen LogP contribution in [0.4, 0.5) is 8.78 Å². The Morgan fingerprint density at radius 3 is 2.33 bits per heavy atom. The lowest BCUT2D eigenvalue weighted by Crippen LogP contribution is -2.39. The lowest BCUT2D eigenvalue weighted by molar-refractivity contribution is 0.0751. The van der Waals surface area contributed by atoms with Crippen molar-refractivity contribution in [2.75, 3.05) is 26.7 Å². The van der Waals surface area contributed by atoms with Gasteiger partial charge in [-0.05, 0) is 110 Å². The molecule has 0 fully saturated rings. The van der Waals surface area contributed by atoms with Crippen LogP contribution in [0, 0.1) is 18.6 Å². The number of amides is 2. The monoisotopic (exact) mass is 621 g/mol. The normalized spacial score (nSPS) is 15.7. The van der Waals surface area contributed by atoms with Gasteiger partial charge in [-0.1, -0.05) is 19.9 Å². The van der Waals surface area contributed by atoms with E-state index in [1.807, 2.05) is 26.0 Å². The number of carbonyl (C=O) groups excluding carboxylic acids is 2. The fraction of sp³-hybridized carbons (Fsp3) is 0.444. The molecule has 4 N–H and O–H groups in total. The maximum Gasteiger partial charge on any atom is 0.254 e. The van der Waals surface area contributed by atoms with Crippen molar-refractivity contribution in [1.82, 2.24) is 10.2 Å². The third kappa shape index (κ3) is 8.27. The summed E-state index contributed by atoms with van der Waals surface area (Å²) in [6.45, 7) is 6.87. The number of nitrogens with zero attached hydrogens (tertiary/aromatic N) is 1. The second-order valence-corrected chi connectivity index (χ2v) is 12.0. The number of nitrogens with one attached hydrogen (secondary N) is 1. The van der Waals surface area contributed by atoms with Crippen molar-refractivity contribution in [2.24, 2.45) is 5.73 Å². The van der Waals surface area contributed by atoms with E-state index < -0.39 is 29.6 Å². The molecule has 0 heterocycles. The Morgan fingerprint density at radius 2 is 1.71 bits per heavy atom. The maximum atomic E-state index is 14.4. The number of fused-ring (bicyclic) bond motifs is 1. The first-order chi connectivity index (χ1) is 21.6. The van der Waals surface area contributed by atoms with Crippen molar-refractivity contribution in [1.29, 1.82) is 0 Å². The van der Waals surface area contributed by atoms with Gasteiger partial charge in [0.1, 0.15) is 17.4 Å². The first kappa shape index (κ1) is 34.1. The molecule has 0 bridgehead atoms. The zero-order valence-corrected chi connectivity index (χ0v) is 26.7. The van der Waals surface area contributed by atoms with E-state index in [1.165, 1.54) is 17.7 Å². The fourth-order valence-electron chi connectivity index (χ4n) is 6.54. The van der Waals surface area contributed by atoms with Gasteiger partial charge in [-0.25, -0.2) is 8.78 Å². The predicted octanol–water partition coefficient (Wildman–Crippen LogP) is 6.00. The first-order valence-electron chi connectivity index (χ1n) is 15.8. The van der Waals surface area contributed by atoms with Crippen LogP contribution >= 0.6 is 0 Å². The number of ether oxygens (including phenoxy) is 1. The third-order valence-corrected chi connectivity index (χ3v) is 8.55. The quantitative estimate of drug-likeness (QED) is 0.205. The maximum absolute atomic E-state index is 14.4. The molecule has 45 heavy (non-hydrogen) atoms. The Balaban J connectivity index is 1.79. The third-order valence-electron chi connectivity index (χ3n) is 8.55. The minimum Gasteiger partial charge on any atom is -0.497 e. The van der Waals surface area contributed by atoms with Gasteiger partial charge in [-0.3, -0.25) is 9.59 Å². The van der Waals surface area contributed by atoms with Crippen molar-refractivity contribution in [3.05, 3.63) is 99.1 Å². The van der Waals surface area contributed by atoms with Gasteiger partial charge in [0.25, 0.3) is 5.91 Å². The second-order valence-electron chi connectivity index (χ2n) is 12.0. The number of hydrogen-bond donors (Lipinski definition) is 3. The molecule has 242 valence electrons. The number of aliphatic hydroxyl groups excluding tert-OH is 1. The molecule has 3 aromatic rings. The van der Waals surface area contributed by atoms with Crippen LogP contribution < -0.4 is 15.8 Å². The van der Waals surface area contributed by atoms with E-state index in [9.17, 15) is 23.5 Å². The van der Waals surface area contributed by atoms with Crippen molar-refractivity contribution in [3.63, 3.8) is 0 Å². The molecule has 7 nitrogen and oxygen atoms in total. The van der Waals surface area contributed by atoms with E-state index in [4.69, 9.17) is 10.5 Å². The Hall–Kier alpha value is -3.82. The van der Waals surface area contributed by atoms with Gasteiger partial charge in [-0.15, -0.1) is 0 Å². The molecule has 3 atom stereocenters. The molecule has 0 radical (unpaired) electrons. The Morgan fingerprint density at radius 1 is 1.04 bits per heavy atom. The summed E-state index contributed by atoms with van der Waals surface area (Å²) in [6.07, 6.45) is 3.05. The lowest BCUT2D eigenvalue weighted by Gasteiger charge is -2.32. The van der Waals surface area contributed by atoms with E-state index in [1.54, 1.807) is 31.1 Å². The van der Waals surface area contributed by atoms with Gasteiger partial charge in [0.2, 0.25) is 5.91 Å². The number of benzene rings is 3. The molecule has 1 aliphatic carbocycles. The summed E-state index contributed by atoms with van der Waals surface area (Å²) in [5.41, 5.74) is 9.82. The topological polar surface area (TPSA) is 105 Å². The molecule has 0 aliphatic heterocycles. The molecule has 2 amide bonds. The summed E-state index contributed by atoms with van der Waals surface area (Å²) in [6, 6.07) is 12.5. The molecular formula is C36H45F2N3O4. The van der Waals surface area contributed by atoms with Gasteiger partial charge < -0.3 is 25.8 Å². The molecule has 1 unspecified atom stereocenters. The van der Waals surface area contributed by atoms with Crippen LogP contribution in [0.3, 0.4) is 0 Å². The fourth-order valence-corrected chi connectivity index (χ4v) is 6.54. The highest BCUT2D eigenvalue weighted by atomic mass is 19.1. The minimum absolute atomic E-state index is 0.0300. The Kier molecular flexibility index (Phi) is 11.7. The van der Waals surface area contributed by atoms with E-state index in [2.05, 4.69) is 11.4 Å². The molecule has 9 heteroatoms. The van der Waals surface area contributed by atoms with Crippen LogP contribution in [0.5, 0.6) is 5.75 Å². The average Bonchev–Trinajstić information content (AvgIpc) is 3.01. The standard InChI is InChI=1S/C36H45F2N3O4/c1-5-12-41(13-6-2)36(44)31-15-22(3)14-30(35(39)43)34(31)29(18-23-16-25(37)19-26(38)17-23)33(42)21-40-32-9-7-8-24-10-11-27(45-4)20-28(24)32/h10-11,14-17,19-20,29,32-33,40,42H,5-9,12-13,18,21H2,1-4H3,(H2,39,43)/t29-,32?,33+/m1/s1. The number of carbonyl (C=O) groups is 2. The van der Waals surface area contributed by atoms with Crippen LogP contribution in [-0.4, -0.2) is 54.7 Å². The van der Waals surface area contributed by atoms with E-state index in [0.29, 0.717) is 24.2 Å². The van der Waals surface area contributed by atoms with E-state index in [0.717, 1.165) is 49.5 Å². The summed E-state index contributed by atoms with van der Waals surface area (Å²) >= 11 is 0.